The van der Waals surface area contributed by atoms with E-state index in [1.165, 1.54) is 0 Å². The fourth-order valence-electron chi connectivity index (χ4n) is 1.77. The van der Waals surface area contributed by atoms with Crippen molar-refractivity contribution in [3.63, 3.8) is 0 Å². The van der Waals surface area contributed by atoms with Gasteiger partial charge in [0.15, 0.2) is 5.69 Å². The predicted octanol–water partition coefficient (Wildman–Crippen LogP) is 2.59. The number of benzene rings is 1. The summed E-state index contributed by atoms with van der Waals surface area (Å²) in [5.74, 6) is -0.0794. The number of para-hydroxylation sites is 1. The zero-order chi connectivity index (χ0) is 10.3. The Labute approximate surface area is 80.8 Å². The number of hydrogen-bond acceptors (Lipinski definition) is 3. The average Bonchev–Trinajstić information content (AvgIpc) is 2.41. The second-order valence-electron chi connectivity index (χ2n) is 3.29. The molecular formula is C10H10N2O2. The van der Waals surface area contributed by atoms with Crippen LogP contribution in [0, 0.1) is 11.8 Å². The average molecular weight is 190 g/mol. The zero-order valence-corrected chi connectivity index (χ0v) is 7.98. The molecule has 14 heavy (non-hydrogen) atoms. The Balaban J connectivity index is 3.02. The Hall–Kier alpha value is -1.84. The van der Waals surface area contributed by atoms with Crippen LogP contribution in [0.1, 0.15) is 5.56 Å². The first-order valence-corrected chi connectivity index (χ1v) is 4.27. The minimum Gasteiger partial charge on any atom is -0.493 e. The molecule has 1 N–H and O–H groups in total. The lowest BCUT2D eigenvalue weighted by Gasteiger charge is -1.99. The Morgan fingerprint density at radius 2 is 2.14 bits per heavy atom. The lowest BCUT2D eigenvalue weighted by Crippen LogP contribution is -1.87. The molecule has 0 aliphatic rings. The zero-order valence-electron chi connectivity index (χ0n) is 7.98. The molecule has 0 amide bonds. The van der Waals surface area contributed by atoms with Crippen LogP contribution in [0.3, 0.4) is 0 Å². The van der Waals surface area contributed by atoms with E-state index in [1.54, 1.807) is 17.7 Å². The van der Waals surface area contributed by atoms with E-state index in [-0.39, 0.29) is 11.6 Å². The topological polar surface area (TPSA) is 54.6 Å². The Bertz CT molecular complexity index is 514. The van der Waals surface area contributed by atoms with Crippen molar-refractivity contribution >= 4 is 16.6 Å². The molecule has 0 atom stereocenters. The number of aromatic nitrogens is 1. The van der Waals surface area contributed by atoms with Crippen molar-refractivity contribution in [2.45, 2.75) is 6.92 Å². The van der Waals surface area contributed by atoms with Crippen LogP contribution in [-0.2, 0) is 7.05 Å². The molecule has 0 aliphatic carbocycles. The van der Waals surface area contributed by atoms with Gasteiger partial charge in [0, 0.05) is 12.4 Å². The fourth-order valence-corrected chi connectivity index (χ4v) is 1.77. The summed E-state index contributed by atoms with van der Waals surface area (Å²) in [6.07, 6.45) is 0. The van der Waals surface area contributed by atoms with E-state index in [9.17, 15) is 10.0 Å². The van der Waals surface area contributed by atoms with Crippen LogP contribution in [0.15, 0.2) is 23.4 Å². The van der Waals surface area contributed by atoms with Gasteiger partial charge in [-0.15, -0.1) is 4.91 Å². The van der Waals surface area contributed by atoms with E-state index in [0.29, 0.717) is 5.39 Å². The molecule has 4 nitrogen and oxygen atoms in total. The third kappa shape index (κ3) is 0.937. The highest BCUT2D eigenvalue weighted by molar-refractivity contribution is 5.96. The molecule has 2 aromatic rings. The Morgan fingerprint density at radius 1 is 1.43 bits per heavy atom. The van der Waals surface area contributed by atoms with Gasteiger partial charge in [-0.3, -0.25) is 0 Å². The maximum atomic E-state index is 10.5. The van der Waals surface area contributed by atoms with Crippen LogP contribution in [0.5, 0.6) is 5.88 Å². The van der Waals surface area contributed by atoms with Crippen molar-refractivity contribution in [2.24, 2.45) is 12.2 Å². The molecule has 72 valence electrons. The summed E-state index contributed by atoms with van der Waals surface area (Å²) in [7, 11) is 1.71. The van der Waals surface area contributed by atoms with E-state index >= 15 is 0 Å². The number of rotatable bonds is 1. The van der Waals surface area contributed by atoms with E-state index in [1.807, 2.05) is 19.1 Å². The Morgan fingerprint density at radius 3 is 2.79 bits per heavy atom. The number of aromatic hydroxyl groups is 1. The van der Waals surface area contributed by atoms with Crippen LogP contribution in [0.2, 0.25) is 0 Å². The second kappa shape index (κ2) is 2.83. The quantitative estimate of drug-likeness (QED) is 0.702. The molecule has 4 heteroatoms. The summed E-state index contributed by atoms with van der Waals surface area (Å²) >= 11 is 0. The molecule has 1 heterocycles. The van der Waals surface area contributed by atoms with Gasteiger partial charge >= 0.3 is 0 Å². The number of nitrogens with zero attached hydrogens (tertiary/aromatic N) is 2. The molecule has 1 aromatic heterocycles. The minimum atomic E-state index is -0.0794. The molecule has 0 unspecified atom stereocenters. The van der Waals surface area contributed by atoms with E-state index in [2.05, 4.69) is 5.18 Å². The second-order valence-corrected chi connectivity index (χ2v) is 3.29. The smallest absolute Gasteiger partial charge is 0.222 e. The lowest BCUT2D eigenvalue weighted by atomic mass is 10.1. The number of aryl methyl sites for hydroxylation is 2. The summed E-state index contributed by atoms with van der Waals surface area (Å²) < 4.78 is 1.57. The van der Waals surface area contributed by atoms with E-state index in [4.69, 9.17) is 0 Å². The molecular weight excluding hydrogens is 180 g/mol. The van der Waals surface area contributed by atoms with Gasteiger partial charge in [0.25, 0.3) is 0 Å². The number of hydrogen-bond donors (Lipinski definition) is 1. The number of nitroso groups, excluding NO2 is 1. The molecule has 2 rings (SSSR count). The van der Waals surface area contributed by atoms with Crippen LogP contribution >= 0.6 is 0 Å². The third-order valence-electron chi connectivity index (χ3n) is 2.45. The van der Waals surface area contributed by atoms with Gasteiger partial charge in [-0.1, -0.05) is 18.2 Å². The normalized spacial score (nSPS) is 10.7. The summed E-state index contributed by atoms with van der Waals surface area (Å²) in [6, 6.07) is 5.54. The van der Waals surface area contributed by atoms with Crippen LogP contribution in [0.25, 0.3) is 10.9 Å². The molecule has 1 aromatic carbocycles. The molecule has 0 fully saturated rings. The first-order chi connectivity index (χ1) is 6.66. The van der Waals surface area contributed by atoms with Crippen LogP contribution in [0.4, 0.5) is 5.69 Å². The van der Waals surface area contributed by atoms with Crippen LogP contribution < -0.4 is 0 Å². The maximum absolute atomic E-state index is 10.5. The predicted molar refractivity (Wildman–Crippen MR) is 54.8 cm³/mol. The van der Waals surface area contributed by atoms with Gasteiger partial charge in [-0.05, 0) is 17.7 Å². The molecule has 0 saturated carbocycles. The highest BCUT2D eigenvalue weighted by atomic mass is 16.3. The summed E-state index contributed by atoms with van der Waals surface area (Å²) in [4.78, 5) is 10.5. The molecule has 0 radical (unpaired) electrons. The van der Waals surface area contributed by atoms with E-state index < -0.39 is 0 Å². The van der Waals surface area contributed by atoms with Gasteiger partial charge in [0.2, 0.25) is 5.88 Å². The van der Waals surface area contributed by atoms with Gasteiger partial charge in [0.1, 0.15) is 0 Å². The van der Waals surface area contributed by atoms with Crippen molar-refractivity contribution in [1.29, 1.82) is 0 Å². The van der Waals surface area contributed by atoms with Gasteiger partial charge < -0.3 is 9.67 Å². The van der Waals surface area contributed by atoms with Gasteiger partial charge in [-0.25, -0.2) is 0 Å². The minimum absolute atomic E-state index is 0.0794. The number of fused-ring (bicyclic) bond motifs is 1. The van der Waals surface area contributed by atoms with Crippen molar-refractivity contribution < 1.29 is 5.11 Å². The molecule has 0 spiro atoms. The maximum Gasteiger partial charge on any atom is 0.222 e. The standard InChI is InChI=1S/C10H10N2O2/c1-6-4-3-5-7-8(11-14)10(13)12(2)9(6)7/h3-5,13H,1-2H3. The van der Waals surface area contributed by atoms with Crippen molar-refractivity contribution in [3.8, 4) is 5.88 Å². The summed E-state index contributed by atoms with van der Waals surface area (Å²) in [6.45, 7) is 1.93. The van der Waals surface area contributed by atoms with Crippen molar-refractivity contribution in [1.82, 2.24) is 4.57 Å². The van der Waals surface area contributed by atoms with Gasteiger partial charge in [0.05, 0.1) is 5.52 Å². The largest absolute Gasteiger partial charge is 0.493 e. The lowest BCUT2D eigenvalue weighted by molar-refractivity contribution is 0.436. The molecule has 0 bridgehead atoms. The summed E-state index contributed by atoms with van der Waals surface area (Å²) in [5, 5.41) is 13.1. The van der Waals surface area contributed by atoms with Crippen LogP contribution in [-0.4, -0.2) is 9.67 Å². The first kappa shape index (κ1) is 8.74. The Kier molecular flexibility index (Phi) is 1.77. The third-order valence-corrected chi connectivity index (χ3v) is 2.45. The fraction of sp³-hybridized carbons (Fsp3) is 0.200. The monoisotopic (exact) mass is 190 g/mol. The van der Waals surface area contributed by atoms with E-state index in [0.717, 1.165) is 11.1 Å². The van der Waals surface area contributed by atoms with Crippen molar-refractivity contribution in [3.05, 3.63) is 28.7 Å². The van der Waals surface area contributed by atoms with Gasteiger partial charge in [-0.2, -0.15) is 0 Å². The highest BCUT2D eigenvalue weighted by Gasteiger charge is 2.15. The highest BCUT2D eigenvalue weighted by Crippen LogP contribution is 2.38. The van der Waals surface area contributed by atoms with Crippen molar-refractivity contribution in [2.75, 3.05) is 0 Å². The SMILES string of the molecule is Cc1cccc2c(N=O)c(O)n(C)c12. The molecule has 0 saturated heterocycles. The molecule has 0 aliphatic heterocycles. The first-order valence-electron chi connectivity index (χ1n) is 4.27. The summed E-state index contributed by atoms with van der Waals surface area (Å²) in [5.41, 5.74) is 1.97.